The van der Waals surface area contributed by atoms with Crippen molar-refractivity contribution in [3.8, 4) is 0 Å². The SMILES string of the molecule is Cn1cc(NS(N)(=O)=O)cn1. The molecule has 0 radical (unpaired) electrons. The monoisotopic (exact) mass is 176 g/mol. The van der Waals surface area contributed by atoms with Crippen LogP contribution in [-0.2, 0) is 17.3 Å². The largest absolute Gasteiger partial charge is 0.296 e. The third-order valence-electron chi connectivity index (χ3n) is 0.965. The quantitative estimate of drug-likeness (QED) is 0.607. The number of nitrogens with one attached hydrogen (secondary N) is 1. The summed E-state index contributed by atoms with van der Waals surface area (Å²) in [6.45, 7) is 0. The van der Waals surface area contributed by atoms with E-state index in [1.54, 1.807) is 7.05 Å². The van der Waals surface area contributed by atoms with E-state index >= 15 is 0 Å². The van der Waals surface area contributed by atoms with Crippen LogP contribution in [0, 0.1) is 0 Å². The first-order chi connectivity index (χ1) is 4.97. The summed E-state index contributed by atoms with van der Waals surface area (Å²) in [4.78, 5) is 0. The zero-order valence-corrected chi connectivity index (χ0v) is 6.67. The van der Waals surface area contributed by atoms with Gasteiger partial charge in [-0.1, -0.05) is 0 Å². The van der Waals surface area contributed by atoms with Crippen LogP contribution >= 0.6 is 0 Å². The first kappa shape index (κ1) is 8.02. The summed E-state index contributed by atoms with van der Waals surface area (Å²) in [5, 5.41) is 8.44. The fourth-order valence-electron chi connectivity index (χ4n) is 0.638. The molecule has 0 aliphatic heterocycles. The van der Waals surface area contributed by atoms with Gasteiger partial charge in [0.15, 0.2) is 0 Å². The minimum atomic E-state index is -3.67. The molecular weight excluding hydrogens is 168 g/mol. The van der Waals surface area contributed by atoms with E-state index in [0.29, 0.717) is 5.69 Å². The minimum absolute atomic E-state index is 0.356. The maximum absolute atomic E-state index is 10.4. The topological polar surface area (TPSA) is 90.0 Å². The van der Waals surface area contributed by atoms with Crippen LogP contribution in [0.4, 0.5) is 5.69 Å². The summed E-state index contributed by atoms with van der Waals surface area (Å²) in [5.74, 6) is 0. The van der Waals surface area contributed by atoms with Crippen LogP contribution in [0.2, 0.25) is 0 Å². The third kappa shape index (κ3) is 2.56. The normalized spacial score (nSPS) is 11.5. The van der Waals surface area contributed by atoms with Gasteiger partial charge in [0.05, 0.1) is 11.9 Å². The lowest BCUT2D eigenvalue weighted by Gasteiger charge is -1.96. The van der Waals surface area contributed by atoms with Gasteiger partial charge in [0.2, 0.25) is 0 Å². The molecule has 11 heavy (non-hydrogen) atoms. The second kappa shape index (κ2) is 2.51. The molecular formula is C4H8N4O2S. The van der Waals surface area contributed by atoms with Crippen LogP contribution in [-0.4, -0.2) is 18.2 Å². The Morgan fingerprint density at radius 2 is 2.36 bits per heavy atom. The van der Waals surface area contributed by atoms with Crippen LogP contribution in [0.3, 0.4) is 0 Å². The predicted molar refractivity (Wildman–Crippen MR) is 39.9 cm³/mol. The molecule has 1 aromatic rings. The van der Waals surface area contributed by atoms with Gasteiger partial charge >= 0.3 is 0 Å². The number of aromatic nitrogens is 2. The second-order valence-corrected chi connectivity index (χ2v) is 3.34. The Morgan fingerprint density at radius 3 is 2.73 bits per heavy atom. The van der Waals surface area contributed by atoms with Crippen molar-refractivity contribution in [2.45, 2.75) is 0 Å². The zero-order chi connectivity index (χ0) is 8.48. The molecule has 0 bridgehead atoms. The summed E-state index contributed by atoms with van der Waals surface area (Å²) >= 11 is 0. The van der Waals surface area contributed by atoms with Gasteiger partial charge in [0, 0.05) is 13.2 Å². The summed E-state index contributed by atoms with van der Waals surface area (Å²) in [6, 6.07) is 0. The van der Waals surface area contributed by atoms with Crippen molar-refractivity contribution in [1.29, 1.82) is 0 Å². The van der Waals surface area contributed by atoms with Crippen molar-refractivity contribution in [3.63, 3.8) is 0 Å². The number of hydrogen-bond acceptors (Lipinski definition) is 3. The van der Waals surface area contributed by atoms with Gasteiger partial charge in [-0.2, -0.15) is 13.5 Å². The third-order valence-corrected chi connectivity index (χ3v) is 1.49. The Bertz CT molecular complexity index is 341. The van der Waals surface area contributed by atoms with Crippen molar-refractivity contribution in [2.75, 3.05) is 4.72 Å². The average Bonchev–Trinajstić information content (AvgIpc) is 2.10. The fraction of sp³-hybridized carbons (Fsp3) is 0.250. The summed E-state index contributed by atoms with van der Waals surface area (Å²) in [6.07, 6.45) is 2.87. The highest BCUT2D eigenvalue weighted by Gasteiger charge is 2.02. The highest BCUT2D eigenvalue weighted by molar-refractivity contribution is 7.90. The van der Waals surface area contributed by atoms with Crippen molar-refractivity contribution < 1.29 is 8.42 Å². The Kier molecular flexibility index (Phi) is 1.83. The Labute approximate surface area is 64.2 Å². The average molecular weight is 176 g/mol. The molecule has 0 saturated heterocycles. The molecule has 7 heteroatoms. The second-order valence-electron chi connectivity index (χ2n) is 2.05. The predicted octanol–water partition coefficient (Wildman–Crippen LogP) is -0.965. The van der Waals surface area contributed by atoms with E-state index in [2.05, 4.69) is 9.82 Å². The molecule has 0 aliphatic rings. The highest BCUT2D eigenvalue weighted by Crippen LogP contribution is 2.03. The van der Waals surface area contributed by atoms with Gasteiger partial charge in [0.25, 0.3) is 10.2 Å². The summed E-state index contributed by atoms with van der Waals surface area (Å²) in [7, 11) is -1.99. The van der Waals surface area contributed by atoms with E-state index in [-0.39, 0.29) is 0 Å². The van der Waals surface area contributed by atoms with Gasteiger partial charge in [-0.3, -0.25) is 9.40 Å². The lowest BCUT2D eigenvalue weighted by Crippen LogP contribution is -2.21. The van der Waals surface area contributed by atoms with Crippen molar-refractivity contribution >= 4 is 15.9 Å². The van der Waals surface area contributed by atoms with Crippen LogP contribution in [0.25, 0.3) is 0 Å². The first-order valence-corrected chi connectivity index (χ1v) is 4.31. The maximum Gasteiger partial charge on any atom is 0.296 e. The van der Waals surface area contributed by atoms with Gasteiger partial charge in [-0.05, 0) is 0 Å². The summed E-state index contributed by atoms with van der Waals surface area (Å²) in [5.41, 5.74) is 0.356. The van der Waals surface area contributed by atoms with E-state index in [0.717, 1.165) is 0 Å². The van der Waals surface area contributed by atoms with Crippen molar-refractivity contribution in [2.24, 2.45) is 12.2 Å². The minimum Gasteiger partial charge on any atom is -0.274 e. The van der Waals surface area contributed by atoms with E-state index in [4.69, 9.17) is 5.14 Å². The van der Waals surface area contributed by atoms with Gasteiger partial charge in [-0.25, -0.2) is 5.14 Å². The molecule has 1 rings (SSSR count). The summed E-state index contributed by atoms with van der Waals surface area (Å²) < 4.78 is 24.4. The lowest BCUT2D eigenvalue weighted by atomic mass is 10.6. The van der Waals surface area contributed by atoms with Crippen molar-refractivity contribution in [3.05, 3.63) is 12.4 Å². The number of aryl methyl sites for hydroxylation is 1. The van der Waals surface area contributed by atoms with Crippen LogP contribution in [0.1, 0.15) is 0 Å². The van der Waals surface area contributed by atoms with E-state index in [1.807, 2.05) is 0 Å². The number of nitrogens with zero attached hydrogens (tertiary/aromatic N) is 2. The number of anilines is 1. The molecule has 3 N–H and O–H groups in total. The molecule has 62 valence electrons. The van der Waals surface area contributed by atoms with Crippen LogP contribution in [0.5, 0.6) is 0 Å². The molecule has 1 heterocycles. The Balaban J connectivity index is 2.81. The smallest absolute Gasteiger partial charge is 0.274 e. The highest BCUT2D eigenvalue weighted by atomic mass is 32.2. The van der Waals surface area contributed by atoms with Crippen LogP contribution in [0.15, 0.2) is 12.4 Å². The molecule has 0 fully saturated rings. The van der Waals surface area contributed by atoms with E-state index in [9.17, 15) is 8.42 Å². The first-order valence-electron chi connectivity index (χ1n) is 2.76. The van der Waals surface area contributed by atoms with Gasteiger partial charge in [0.1, 0.15) is 0 Å². The maximum atomic E-state index is 10.4. The molecule has 1 aromatic heterocycles. The molecule has 0 atom stereocenters. The van der Waals surface area contributed by atoms with E-state index < -0.39 is 10.2 Å². The number of nitrogens with two attached hydrogens (primary N) is 1. The van der Waals surface area contributed by atoms with Crippen LogP contribution < -0.4 is 9.86 Å². The fourth-order valence-corrected chi connectivity index (χ4v) is 1.07. The molecule has 0 spiro atoms. The number of rotatable bonds is 2. The van der Waals surface area contributed by atoms with Gasteiger partial charge in [-0.15, -0.1) is 0 Å². The molecule has 0 amide bonds. The molecule has 0 saturated carbocycles. The molecule has 0 aliphatic carbocycles. The Morgan fingerprint density at radius 1 is 1.73 bits per heavy atom. The molecule has 0 unspecified atom stereocenters. The Hall–Kier alpha value is -1.08. The van der Waals surface area contributed by atoms with Crippen molar-refractivity contribution in [1.82, 2.24) is 9.78 Å². The molecule has 6 nitrogen and oxygen atoms in total. The zero-order valence-electron chi connectivity index (χ0n) is 5.85. The van der Waals surface area contributed by atoms with E-state index in [1.165, 1.54) is 17.1 Å². The lowest BCUT2D eigenvalue weighted by molar-refractivity contribution is 0.603. The number of hydrogen-bond donors (Lipinski definition) is 2. The molecule has 0 aromatic carbocycles. The standard InChI is InChI=1S/C4H8N4O2S/c1-8-3-4(2-6-8)7-11(5,9)10/h2-3,7H,1H3,(H2,5,9,10). The van der Waals surface area contributed by atoms with Gasteiger partial charge < -0.3 is 0 Å².